The number of rotatable bonds is 4. The first-order valence-corrected chi connectivity index (χ1v) is 4.71. The maximum Gasteiger partial charge on any atom is 0.0549 e. The average Bonchev–Trinajstić information content (AvgIpc) is 2.69. The van der Waals surface area contributed by atoms with E-state index in [1.54, 1.807) is 7.11 Å². The van der Waals surface area contributed by atoms with Crippen molar-refractivity contribution >= 4 is 11.6 Å². The molecular formula is C9H17ClO. The second-order valence-electron chi connectivity index (χ2n) is 3.73. The van der Waals surface area contributed by atoms with Crippen molar-refractivity contribution in [3.05, 3.63) is 0 Å². The zero-order chi connectivity index (χ0) is 8.48. The molecule has 0 aromatic rings. The molecular weight excluding hydrogens is 160 g/mol. The van der Waals surface area contributed by atoms with Crippen LogP contribution in [0.2, 0.25) is 0 Å². The molecule has 0 bridgehead atoms. The Morgan fingerprint density at radius 1 is 1.45 bits per heavy atom. The molecule has 1 aliphatic rings. The van der Waals surface area contributed by atoms with Crippen molar-refractivity contribution in [1.29, 1.82) is 0 Å². The normalized spacial score (nSPS) is 26.2. The van der Waals surface area contributed by atoms with Gasteiger partial charge in [-0.1, -0.05) is 0 Å². The summed E-state index contributed by atoms with van der Waals surface area (Å²) in [4.78, 5) is 0. The van der Waals surface area contributed by atoms with Crippen LogP contribution in [-0.2, 0) is 4.74 Å². The van der Waals surface area contributed by atoms with Crippen LogP contribution >= 0.6 is 11.6 Å². The van der Waals surface area contributed by atoms with Crippen molar-refractivity contribution in [1.82, 2.24) is 0 Å². The lowest BCUT2D eigenvalue weighted by Gasteiger charge is -2.21. The number of hydrogen-bond donors (Lipinski definition) is 0. The Morgan fingerprint density at radius 3 is 2.27 bits per heavy atom. The highest BCUT2D eigenvalue weighted by Gasteiger charge is 2.47. The van der Waals surface area contributed by atoms with Crippen molar-refractivity contribution in [2.24, 2.45) is 5.41 Å². The third-order valence-electron chi connectivity index (χ3n) is 2.83. The first kappa shape index (κ1) is 9.34. The van der Waals surface area contributed by atoms with Crippen LogP contribution in [0.1, 0.15) is 33.1 Å². The summed E-state index contributed by atoms with van der Waals surface area (Å²) in [5.74, 6) is 0. The Balaban J connectivity index is 2.35. The molecule has 1 rings (SSSR count). The Labute approximate surface area is 74.1 Å². The fraction of sp³-hybridized carbons (Fsp3) is 1.00. The molecule has 0 amide bonds. The van der Waals surface area contributed by atoms with Gasteiger partial charge in [0.1, 0.15) is 0 Å². The average molecular weight is 177 g/mol. The summed E-state index contributed by atoms with van der Waals surface area (Å²) < 4.78 is 5.22. The van der Waals surface area contributed by atoms with Gasteiger partial charge < -0.3 is 4.74 Å². The molecule has 1 aliphatic carbocycles. The van der Waals surface area contributed by atoms with E-state index < -0.39 is 0 Å². The van der Waals surface area contributed by atoms with Gasteiger partial charge in [0.2, 0.25) is 0 Å². The Hall–Kier alpha value is 0.250. The number of hydrogen-bond acceptors (Lipinski definition) is 1. The second-order valence-corrected chi connectivity index (χ2v) is 4.38. The molecule has 2 unspecified atom stereocenters. The predicted octanol–water partition coefficient (Wildman–Crippen LogP) is 2.82. The van der Waals surface area contributed by atoms with Gasteiger partial charge in [-0.2, -0.15) is 0 Å². The number of ether oxygens (including phenoxy) is 1. The highest BCUT2D eigenvalue weighted by atomic mass is 35.5. The van der Waals surface area contributed by atoms with Crippen LogP contribution in [-0.4, -0.2) is 18.6 Å². The smallest absolute Gasteiger partial charge is 0.0549 e. The van der Waals surface area contributed by atoms with E-state index in [0.29, 0.717) is 16.9 Å². The first-order valence-electron chi connectivity index (χ1n) is 4.27. The summed E-state index contributed by atoms with van der Waals surface area (Å²) in [5.41, 5.74) is 0.414. The van der Waals surface area contributed by atoms with E-state index >= 15 is 0 Å². The molecule has 11 heavy (non-hydrogen) atoms. The van der Waals surface area contributed by atoms with E-state index in [0.717, 1.165) is 6.42 Å². The summed E-state index contributed by atoms with van der Waals surface area (Å²) in [7, 11) is 1.76. The maximum atomic E-state index is 6.08. The monoisotopic (exact) mass is 176 g/mol. The highest BCUT2D eigenvalue weighted by molar-refractivity contribution is 6.21. The van der Waals surface area contributed by atoms with Gasteiger partial charge in [-0.05, 0) is 38.5 Å². The van der Waals surface area contributed by atoms with Gasteiger partial charge in [-0.25, -0.2) is 0 Å². The molecule has 66 valence electrons. The molecule has 2 atom stereocenters. The van der Waals surface area contributed by atoms with Gasteiger partial charge in [-0.3, -0.25) is 0 Å². The lowest BCUT2D eigenvalue weighted by molar-refractivity contribution is 0.0903. The maximum absolute atomic E-state index is 6.08. The fourth-order valence-electron chi connectivity index (χ4n) is 1.58. The molecule has 0 heterocycles. The minimum atomic E-state index is 0.306. The topological polar surface area (TPSA) is 9.23 Å². The molecule has 1 saturated carbocycles. The van der Waals surface area contributed by atoms with Crippen LogP contribution in [0.15, 0.2) is 0 Å². The predicted molar refractivity (Wildman–Crippen MR) is 48.1 cm³/mol. The minimum Gasteiger partial charge on any atom is -0.382 e. The van der Waals surface area contributed by atoms with E-state index in [9.17, 15) is 0 Å². The van der Waals surface area contributed by atoms with Gasteiger partial charge in [-0.15, -0.1) is 11.6 Å². The Bertz CT molecular complexity index is 130. The molecule has 0 saturated heterocycles. The van der Waals surface area contributed by atoms with E-state index in [1.807, 2.05) is 0 Å². The third-order valence-corrected chi connectivity index (χ3v) is 3.30. The quantitative estimate of drug-likeness (QED) is 0.599. The summed E-state index contributed by atoms with van der Waals surface area (Å²) in [6.45, 7) is 4.20. The number of alkyl halides is 1. The first-order chi connectivity index (χ1) is 5.10. The van der Waals surface area contributed by atoms with Crippen LogP contribution in [0, 0.1) is 5.41 Å². The van der Waals surface area contributed by atoms with E-state index in [-0.39, 0.29) is 0 Å². The zero-order valence-corrected chi connectivity index (χ0v) is 8.32. The summed E-state index contributed by atoms with van der Waals surface area (Å²) in [6, 6.07) is 0. The second kappa shape index (κ2) is 3.32. The highest BCUT2D eigenvalue weighted by Crippen LogP contribution is 2.54. The van der Waals surface area contributed by atoms with Crippen LogP contribution in [0.5, 0.6) is 0 Å². The Morgan fingerprint density at radius 2 is 2.00 bits per heavy atom. The zero-order valence-electron chi connectivity index (χ0n) is 7.56. The van der Waals surface area contributed by atoms with Crippen LogP contribution in [0.3, 0.4) is 0 Å². The summed E-state index contributed by atoms with van der Waals surface area (Å²) in [5, 5.41) is 0.306. The van der Waals surface area contributed by atoms with E-state index in [2.05, 4.69) is 13.8 Å². The molecule has 0 spiro atoms. The molecule has 1 fully saturated rings. The molecule has 2 heteroatoms. The molecule has 0 aromatic heterocycles. The van der Waals surface area contributed by atoms with Crippen molar-refractivity contribution in [2.75, 3.05) is 7.11 Å². The number of halogens is 1. The SMILES string of the molecule is COC(C)CC1(C(C)Cl)CC1. The lowest BCUT2D eigenvalue weighted by atomic mass is 9.96. The van der Waals surface area contributed by atoms with Crippen LogP contribution < -0.4 is 0 Å². The van der Waals surface area contributed by atoms with Crippen molar-refractivity contribution < 1.29 is 4.74 Å². The molecule has 0 radical (unpaired) electrons. The minimum absolute atomic E-state index is 0.306. The summed E-state index contributed by atoms with van der Waals surface area (Å²) in [6.07, 6.45) is 4.05. The molecule has 0 aliphatic heterocycles. The molecule has 1 nitrogen and oxygen atoms in total. The van der Waals surface area contributed by atoms with Crippen molar-refractivity contribution in [3.63, 3.8) is 0 Å². The molecule has 0 N–H and O–H groups in total. The fourth-order valence-corrected chi connectivity index (χ4v) is 1.89. The third kappa shape index (κ3) is 2.09. The van der Waals surface area contributed by atoms with E-state index in [1.165, 1.54) is 12.8 Å². The van der Waals surface area contributed by atoms with Crippen molar-refractivity contribution in [2.45, 2.75) is 44.6 Å². The molecule has 0 aromatic carbocycles. The largest absolute Gasteiger partial charge is 0.382 e. The van der Waals surface area contributed by atoms with Gasteiger partial charge in [0.25, 0.3) is 0 Å². The van der Waals surface area contributed by atoms with Gasteiger partial charge >= 0.3 is 0 Å². The Kier molecular flexibility index (Phi) is 2.82. The van der Waals surface area contributed by atoms with E-state index in [4.69, 9.17) is 16.3 Å². The van der Waals surface area contributed by atoms with Crippen LogP contribution in [0.25, 0.3) is 0 Å². The van der Waals surface area contributed by atoms with Gasteiger partial charge in [0, 0.05) is 12.5 Å². The number of methoxy groups -OCH3 is 1. The van der Waals surface area contributed by atoms with Crippen molar-refractivity contribution in [3.8, 4) is 0 Å². The van der Waals surface area contributed by atoms with Gasteiger partial charge in [0.15, 0.2) is 0 Å². The summed E-state index contributed by atoms with van der Waals surface area (Å²) >= 11 is 6.08. The van der Waals surface area contributed by atoms with Crippen LogP contribution in [0.4, 0.5) is 0 Å². The van der Waals surface area contributed by atoms with Gasteiger partial charge in [0.05, 0.1) is 6.10 Å². The lowest BCUT2D eigenvalue weighted by Crippen LogP contribution is -2.20. The standard InChI is InChI=1S/C9H17ClO/c1-7(11-3)6-9(4-5-9)8(2)10/h7-8H,4-6H2,1-3H3.